The summed E-state index contributed by atoms with van der Waals surface area (Å²) < 4.78 is 5.27. The Morgan fingerprint density at radius 2 is 2.38 bits per heavy atom. The van der Waals surface area contributed by atoms with E-state index in [1.807, 2.05) is 19.1 Å². The second kappa shape index (κ2) is 4.67. The van der Waals surface area contributed by atoms with Crippen molar-refractivity contribution >= 4 is 5.91 Å². The van der Waals surface area contributed by atoms with Gasteiger partial charge in [0.25, 0.3) is 0 Å². The summed E-state index contributed by atoms with van der Waals surface area (Å²) >= 11 is 0. The Balaban J connectivity index is 2.30. The maximum Gasteiger partial charge on any atom is 0.221 e. The van der Waals surface area contributed by atoms with Gasteiger partial charge in [-0.3, -0.25) is 4.79 Å². The normalized spacial score (nSPS) is 10.0. The highest BCUT2D eigenvalue weighted by Crippen LogP contribution is 2.05. The Morgan fingerprint density at radius 1 is 1.62 bits per heavy atom. The minimum atomic E-state index is -0.0449. The summed E-state index contributed by atoms with van der Waals surface area (Å²) in [5, 5.41) is 2.70. The van der Waals surface area contributed by atoms with Crippen LogP contribution in [0.3, 0.4) is 0 Å². The van der Waals surface area contributed by atoms with Crippen LogP contribution < -0.4 is 11.1 Å². The molecule has 0 aliphatic heterocycles. The van der Waals surface area contributed by atoms with Crippen molar-refractivity contribution in [3.05, 3.63) is 23.7 Å². The minimum Gasteiger partial charge on any atom is -0.465 e. The SMILES string of the molecule is Cc1ccc(CNC(=O)CCN)o1. The van der Waals surface area contributed by atoms with Crippen molar-refractivity contribution in [1.29, 1.82) is 0 Å². The largest absolute Gasteiger partial charge is 0.465 e. The molecule has 0 saturated carbocycles. The van der Waals surface area contributed by atoms with Gasteiger partial charge in [0.2, 0.25) is 5.91 Å². The van der Waals surface area contributed by atoms with Gasteiger partial charge in [0.1, 0.15) is 11.5 Å². The molecule has 0 aliphatic rings. The second-order valence-corrected chi connectivity index (χ2v) is 2.83. The molecule has 13 heavy (non-hydrogen) atoms. The van der Waals surface area contributed by atoms with Crippen LogP contribution in [-0.4, -0.2) is 12.5 Å². The van der Waals surface area contributed by atoms with Gasteiger partial charge in [-0.1, -0.05) is 0 Å². The molecule has 0 spiro atoms. The number of rotatable bonds is 4. The number of furan rings is 1. The first-order valence-electron chi connectivity index (χ1n) is 4.24. The molecule has 0 saturated heterocycles. The molecule has 1 aromatic rings. The van der Waals surface area contributed by atoms with Gasteiger partial charge in [-0.25, -0.2) is 0 Å². The molecule has 1 heterocycles. The van der Waals surface area contributed by atoms with E-state index < -0.39 is 0 Å². The van der Waals surface area contributed by atoms with Crippen LogP contribution in [0.1, 0.15) is 17.9 Å². The van der Waals surface area contributed by atoms with Gasteiger partial charge in [0.15, 0.2) is 0 Å². The van der Waals surface area contributed by atoms with Crippen LogP contribution >= 0.6 is 0 Å². The summed E-state index contributed by atoms with van der Waals surface area (Å²) in [4.78, 5) is 11.0. The van der Waals surface area contributed by atoms with Crippen LogP contribution in [0, 0.1) is 6.92 Å². The maximum absolute atomic E-state index is 11.0. The molecular formula is C9H14N2O2. The van der Waals surface area contributed by atoms with Gasteiger partial charge in [-0.2, -0.15) is 0 Å². The number of amides is 1. The lowest BCUT2D eigenvalue weighted by Gasteiger charge is -2.00. The smallest absolute Gasteiger partial charge is 0.221 e. The Hall–Kier alpha value is -1.29. The highest BCUT2D eigenvalue weighted by atomic mass is 16.3. The van der Waals surface area contributed by atoms with Crippen molar-refractivity contribution in [2.45, 2.75) is 19.9 Å². The number of carbonyl (C=O) groups excluding carboxylic acids is 1. The molecular weight excluding hydrogens is 168 g/mol. The van der Waals surface area contributed by atoms with Crippen LogP contribution in [0.4, 0.5) is 0 Å². The summed E-state index contributed by atoms with van der Waals surface area (Å²) in [6.07, 6.45) is 0.361. The molecule has 0 radical (unpaired) electrons. The first kappa shape index (κ1) is 9.80. The standard InChI is InChI=1S/C9H14N2O2/c1-7-2-3-8(13-7)6-11-9(12)4-5-10/h2-3H,4-6,10H2,1H3,(H,11,12). The van der Waals surface area contributed by atoms with E-state index in [-0.39, 0.29) is 5.91 Å². The fourth-order valence-electron chi connectivity index (χ4n) is 0.985. The summed E-state index contributed by atoms with van der Waals surface area (Å²) in [6.45, 7) is 2.68. The Morgan fingerprint density at radius 3 is 2.92 bits per heavy atom. The van der Waals surface area contributed by atoms with Crippen molar-refractivity contribution in [3.63, 3.8) is 0 Å². The van der Waals surface area contributed by atoms with Crippen molar-refractivity contribution < 1.29 is 9.21 Å². The quantitative estimate of drug-likeness (QED) is 0.714. The van der Waals surface area contributed by atoms with E-state index in [1.165, 1.54) is 0 Å². The van der Waals surface area contributed by atoms with E-state index in [4.69, 9.17) is 10.2 Å². The van der Waals surface area contributed by atoms with Gasteiger partial charge in [0, 0.05) is 13.0 Å². The van der Waals surface area contributed by atoms with Gasteiger partial charge in [-0.05, 0) is 19.1 Å². The predicted molar refractivity (Wildman–Crippen MR) is 49.0 cm³/mol. The van der Waals surface area contributed by atoms with E-state index in [0.29, 0.717) is 19.5 Å². The lowest BCUT2D eigenvalue weighted by atomic mass is 10.4. The van der Waals surface area contributed by atoms with Crippen molar-refractivity contribution in [1.82, 2.24) is 5.32 Å². The molecule has 1 rings (SSSR count). The molecule has 1 aromatic heterocycles. The average Bonchev–Trinajstić information content (AvgIpc) is 2.49. The van der Waals surface area contributed by atoms with E-state index in [1.54, 1.807) is 0 Å². The molecule has 4 nitrogen and oxygen atoms in total. The number of nitrogens with two attached hydrogens (primary N) is 1. The van der Waals surface area contributed by atoms with Crippen LogP contribution in [0.5, 0.6) is 0 Å². The lowest BCUT2D eigenvalue weighted by Crippen LogP contribution is -2.24. The highest BCUT2D eigenvalue weighted by molar-refractivity contribution is 5.75. The summed E-state index contributed by atoms with van der Waals surface area (Å²) in [7, 11) is 0. The zero-order chi connectivity index (χ0) is 9.68. The zero-order valence-electron chi connectivity index (χ0n) is 7.67. The molecule has 0 unspecified atom stereocenters. The summed E-state index contributed by atoms with van der Waals surface area (Å²) in [5.41, 5.74) is 5.22. The molecule has 3 N–H and O–H groups in total. The third-order valence-electron chi connectivity index (χ3n) is 1.63. The Labute approximate surface area is 77.1 Å². The number of nitrogens with one attached hydrogen (secondary N) is 1. The molecule has 4 heteroatoms. The third kappa shape index (κ3) is 3.29. The third-order valence-corrected chi connectivity index (χ3v) is 1.63. The zero-order valence-corrected chi connectivity index (χ0v) is 7.67. The first-order valence-corrected chi connectivity index (χ1v) is 4.24. The van der Waals surface area contributed by atoms with E-state index in [2.05, 4.69) is 5.32 Å². The molecule has 72 valence electrons. The summed E-state index contributed by atoms with van der Waals surface area (Å²) in [6, 6.07) is 3.71. The topological polar surface area (TPSA) is 68.3 Å². The second-order valence-electron chi connectivity index (χ2n) is 2.83. The van der Waals surface area contributed by atoms with Crippen molar-refractivity contribution in [2.24, 2.45) is 5.73 Å². The van der Waals surface area contributed by atoms with Gasteiger partial charge in [0.05, 0.1) is 6.54 Å². The molecule has 0 bridgehead atoms. The number of hydrogen-bond donors (Lipinski definition) is 2. The van der Waals surface area contributed by atoms with Crippen LogP contribution in [-0.2, 0) is 11.3 Å². The van der Waals surface area contributed by atoms with E-state index in [9.17, 15) is 4.79 Å². The van der Waals surface area contributed by atoms with Crippen LogP contribution in [0.25, 0.3) is 0 Å². The fraction of sp³-hybridized carbons (Fsp3) is 0.444. The molecule has 0 aliphatic carbocycles. The first-order chi connectivity index (χ1) is 6.22. The Bertz CT molecular complexity index is 281. The monoisotopic (exact) mass is 182 g/mol. The van der Waals surface area contributed by atoms with Gasteiger partial charge >= 0.3 is 0 Å². The molecule has 0 fully saturated rings. The van der Waals surface area contributed by atoms with Crippen LogP contribution in [0.15, 0.2) is 16.5 Å². The van der Waals surface area contributed by atoms with Gasteiger partial charge < -0.3 is 15.5 Å². The lowest BCUT2D eigenvalue weighted by molar-refractivity contribution is -0.121. The minimum absolute atomic E-state index is 0.0449. The van der Waals surface area contributed by atoms with E-state index >= 15 is 0 Å². The molecule has 0 atom stereocenters. The number of hydrogen-bond acceptors (Lipinski definition) is 3. The maximum atomic E-state index is 11.0. The fourth-order valence-corrected chi connectivity index (χ4v) is 0.985. The van der Waals surface area contributed by atoms with E-state index in [0.717, 1.165) is 11.5 Å². The molecule has 1 amide bonds. The van der Waals surface area contributed by atoms with Crippen molar-refractivity contribution in [2.75, 3.05) is 6.54 Å². The van der Waals surface area contributed by atoms with Crippen LogP contribution in [0.2, 0.25) is 0 Å². The average molecular weight is 182 g/mol. The van der Waals surface area contributed by atoms with Crippen molar-refractivity contribution in [3.8, 4) is 0 Å². The number of aryl methyl sites for hydroxylation is 1. The summed E-state index contributed by atoms with van der Waals surface area (Å²) in [5.74, 6) is 1.57. The Kier molecular flexibility index (Phi) is 3.52. The molecule has 0 aromatic carbocycles. The van der Waals surface area contributed by atoms with Gasteiger partial charge in [-0.15, -0.1) is 0 Å². The predicted octanol–water partition coefficient (Wildman–Crippen LogP) is 0.553. The number of carbonyl (C=O) groups is 1. The highest BCUT2D eigenvalue weighted by Gasteiger charge is 2.01.